The van der Waals surface area contributed by atoms with Crippen LogP contribution in [0.1, 0.15) is 44.9 Å². The lowest BCUT2D eigenvalue weighted by Gasteiger charge is -2.47. The van der Waals surface area contributed by atoms with Gasteiger partial charge in [0, 0.05) is 24.0 Å². The zero-order chi connectivity index (χ0) is 17.8. The Balaban J connectivity index is 1.63. The summed E-state index contributed by atoms with van der Waals surface area (Å²) >= 11 is 6.40. The van der Waals surface area contributed by atoms with Gasteiger partial charge >= 0.3 is 0 Å². The standard InChI is InChI=1S/C19H36ClFN4/c1-25(2)12-24-18-10-13(7-9-22-18)15-4-3-8-23-19(15)16-11-14(20)5-6-17(16)21/h13-19,22-24H,3-12H2,1-2H3. The first kappa shape index (κ1) is 19.8. The van der Waals surface area contributed by atoms with Gasteiger partial charge in [0.25, 0.3) is 0 Å². The Morgan fingerprint density at radius 3 is 2.68 bits per heavy atom. The van der Waals surface area contributed by atoms with Gasteiger partial charge in [0.05, 0.1) is 6.17 Å². The third-order valence-corrected chi connectivity index (χ3v) is 6.87. The van der Waals surface area contributed by atoms with Gasteiger partial charge in [-0.1, -0.05) is 0 Å². The van der Waals surface area contributed by atoms with Gasteiger partial charge in [0.2, 0.25) is 0 Å². The summed E-state index contributed by atoms with van der Waals surface area (Å²) in [5.41, 5.74) is 0. The molecule has 0 aromatic carbocycles. The fraction of sp³-hybridized carbons (Fsp3) is 1.00. The molecule has 1 aliphatic carbocycles. The van der Waals surface area contributed by atoms with E-state index in [1.807, 2.05) is 0 Å². The first-order valence-corrected chi connectivity index (χ1v) is 10.6. The van der Waals surface area contributed by atoms with Crippen LogP contribution in [0.3, 0.4) is 0 Å². The zero-order valence-corrected chi connectivity index (χ0v) is 16.6. The van der Waals surface area contributed by atoms with E-state index in [4.69, 9.17) is 11.6 Å². The first-order chi connectivity index (χ1) is 12.0. The second-order valence-electron chi connectivity index (χ2n) is 8.61. The van der Waals surface area contributed by atoms with Crippen LogP contribution in [0.4, 0.5) is 4.39 Å². The van der Waals surface area contributed by atoms with Gasteiger partial charge in [0.1, 0.15) is 6.17 Å². The molecule has 146 valence electrons. The molecule has 0 bridgehead atoms. The molecule has 7 unspecified atom stereocenters. The van der Waals surface area contributed by atoms with Crippen molar-refractivity contribution in [3.63, 3.8) is 0 Å². The average molecular weight is 375 g/mol. The van der Waals surface area contributed by atoms with Crippen LogP contribution < -0.4 is 16.0 Å². The molecule has 25 heavy (non-hydrogen) atoms. The van der Waals surface area contributed by atoms with Crippen molar-refractivity contribution >= 4 is 11.6 Å². The van der Waals surface area contributed by atoms with Crippen LogP contribution in [0.5, 0.6) is 0 Å². The predicted octanol–water partition coefficient (Wildman–Crippen LogP) is 2.53. The highest BCUT2D eigenvalue weighted by atomic mass is 35.5. The lowest BCUT2D eigenvalue weighted by molar-refractivity contribution is 0.0511. The SMILES string of the molecule is CN(C)CNC1CC(C2CCCNC2C2CC(Cl)CCC2F)CCN1. The molecule has 3 rings (SSSR count). The number of alkyl halides is 2. The van der Waals surface area contributed by atoms with E-state index in [-0.39, 0.29) is 11.3 Å². The Morgan fingerprint density at radius 1 is 1.04 bits per heavy atom. The molecule has 6 heteroatoms. The minimum atomic E-state index is -0.683. The van der Waals surface area contributed by atoms with Gasteiger partial charge in [-0.05, 0) is 84.0 Å². The van der Waals surface area contributed by atoms with Gasteiger partial charge in [-0.25, -0.2) is 4.39 Å². The molecule has 0 radical (unpaired) electrons. The zero-order valence-electron chi connectivity index (χ0n) is 15.8. The Morgan fingerprint density at radius 2 is 1.88 bits per heavy atom. The van der Waals surface area contributed by atoms with Crippen molar-refractivity contribution in [2.45, 2.75) is 68.7 Å². The molecule has 2 saturated heterocycles. The minimum absolute atomic E-state index is 0.102. The maximum absolute atomic E-state index is 14.7. The lowest BCUT2D eigenvalue weighted by atomic mass is 9.68. The normalized spacial score (nSPS) is 43.3. The fourth-order valence-corrected chi connectivity index (χ4v) is 5.54. The van der Waals surface area contributed by atoms with E-state index in [9.17, 15) is 4.39 Å². The topological polar surface area (TPSA) is 39.3 Å². The summed E-state index contributed by atoms with van der Waals surface area (Å²) in [5, 5.41) is 11.1. The van der Waals surface area contributed by atoms with Crippen molar-refractivity contribution in [1.82, 2.24) is 20.9 Å². The highest BCUT2D eigenvalue weighted by Crippen LogP contribution is 2.41. The molecular formula is C19H36ClFN4. The number of nitrogens with zero attached hydrogens (tertiary/aromatic N) is 1. The number of rotatable bonds is 5. The Bertz CT molecular complexity index is 411. The Labute approximate surface area is 157 Å². The van der Waals surface area contributed by atoms with Crippen molar-refractivity contribution in [2.75, 3.05) is 33.9 Å². The van der Waals surface area contributed by atoms with E-state index in [0.29, 0.717) is 30.5 Å². The van der Waals surface area contributed by atoms with Gasteiger partial charge in [0.15, 0.2) is 0 Å². The molecular weight excluding hydrogens is 339 g/mol. The third kappa shape index (κ3) is 5.29. The highest BCUT2D eigenvalue weighted by molar-refractivity contribution is 6.20. The molecule has 3 aliphatic rings. The van der Waals surface area contributed by atoms with Gasteiger partial charge in [-0.15, -0.1) is 11.6 Å². The van der Waals surface area contributed by atoms with Gasteiger partial charge in [-0.3, -0.25) is 10.2 Å². The van der Waals surface area contributed by atoms with Crippen LogP contribution in [0, 0.1) is 17.8 Å². The Hall–Kier alpha value is 0.0600. The van der Waals surface area contributed by atoms with Crippen LogP contribution in [0.2, 0.25) is 0 Å². The summed E-state index contributed by atoms with van der Waals surface area (Å²) in [4.78, 5) is 2.16. The summed E-state index contributed by atoms with van der Waals surface area (Å²) in [7, 11) is 4.17. The largest absolute Gasteiger partial charge is 0.313 e. The molecule has 7 atom stereocenters. The minimum Gasteiger partial charge on any atom is -0.313 e. The third-order valence-electron chi connectivity index (χ3n) is 6.47. The predicted molar refractivity (Wildman–Crippen MR) is 103 cm³/mol. The van der Waals surface area contributed by atoms with E-state index in [1.165, 1.54) is 19.3 Å². The maximum Gasteiger partial charge on any atom is 0.105 e. The first-order valence-electron chi connectivity index (χ1n) is 10.2. The molecule has 0 amide bonds. The maximum atomic E-state index is 14.7. The van der Waals surface area contributed by atoms with Crippen molar-refractivity contribution in [3.8, 4) is 0 Å². The smallest absolute Gasteiger partial charge is 0.105 e. The van der Waals surface area contributed by atoms with E-state index in [1.54, 1.807) is 0 Å². The van der Waals surface area contributed by atoms with Crippen molar-refractivity contribution in [1.29, 1.82) is 0 Å². The van der Waals surface area contributed by atoms with Crippen LogP contribution >= 0.6 is 11.6 Å². The summed E-state index contributed by atoms with van der Waals surface area (Å²) in [6, 6.07) is 0.308. The number of hydrogen-bond acceptors (Lipinski definition) is 4. The van der Waals surface area contributed by atoms with Crippen LogP contribution in [0.25, 0.3) is 0 Å². The van der Waals surface area contributed by atoms with Crippen molar-refractivity contribution in [2.24, 2.45) is 17.8 Å². The Kier molecular flexibility index (Phi) is 7.38. The van der Waals surface area contributed by atoms with Gasteiger partial charge in [-0.2, -0.15) is 0 Å². The van der Waals surface area contributed by atoms with E-state index >= 15 is 0 Å². The fourth-order valence-electron chi connectivity index (χ4n) is 5.21. The number of halogens is 2. The quantitative estimate of drug-likeness (QED) is 0.511. The molecule has 3 N–H and O–H groups in total. The van der Waals surface area contributed by atoms with Crippen LogP contribution in [-0.2, 0) is 0 Å². The molecule has 2 heterocycles. The van der Waals surface area contributed by atoms with Crippen LogP contribution in [-0.4, -0.2) is 62.5 Å². The number of nitrogens with one attached hydrogen (secondary N) is 3. The summed E-state index contributed by atoms with van der Waals surface area (Å²) in [6.07, 6.45) is 6.80. The van der Waals surface area contributed by atoms with E-state index < -0.39 is 6.17 Å². The van der Waals surface area contributed by atoms with Crippen LogP contribution in [0.15, 0.2) is 0 Å². The van der Waals surface area contributed by atoms with Crippen molar-refractivity contribution in [3.05, 3.63) is 0 Å². The average Bonchev–Trinajstić information content (AvgIpc) is 2.62. The summed E-state index contributed by atoms with van der Waals surface area (Å²) < 4.78 is 14.7. The number of piperidine rings is 2. The molecule has 0 aromatic heterocycles. The lowest BCUT2D eigenvalue weighted by Crippen LogP contribution is -2.56. The number of hydrogen-bond donors (Lipinski definition) is 3. The van der Waals surface area contributed by atoms with Gasteiger partial charge < -0.3 is 10.6 Å². The van der Waals surface area contributed by atoms with Crippen molar-refractivity contribution < 1.29 is 4.39 Å². The molecule has 0 aromatic rings. The molecule has 4 nitrogen and oxygen atoms in total. The van der Waals surface area contributed by atoms with E-state index in [0.717, 1.165) is 39.0 Å². The summed E-state index contributed by atoms with van der Waals surface area (Å²) in [6.45, 7) is 2.98. The molecule has 1 saturated carbocycles. The second-order valence-corrected chi connectivity index (χ2v) is 9.23. The molecule has 3 fully saturated rings. The molecule has 2 aliphatic heterocycles. The monoisotopic (exact) mass is 374 g/mol. The second kappa shape index (κ2) is 9.32. The molecule has 0 spiro atoms. The summed E-state index contributed by atoms with van der Waals surface area (Å²) in [5.74, 6) is 1.36. The highest BCUT2D eigenvalue weighted by Gasteiger charge is 2.43. The van der Waals surface area contributed by atoms with E-state index in [2.05, 4.69) is 34.9 Å².